The van der Waals surface area contributed by atoms with Gasteiger partial charge in [-0.1, -0.05) is 25.0 Å². The lowest BCUT2D eigenvalue weighted by Crippen LogP contribution is -2.25. The van der Waals surface area contributed by atoms with Gasteiger partial charge in [0.2, 0.25) is 5.91 Å². The molecule has 1 aromatic heterocycles. The lowest BCUT2D eigenvalue weighted by atomic mass is 10.1. The summed E-state index contributed by atoms with van der Waals surface area (Å²) in [5.41, 5.74) is 1.65. The van der Waals surface area contributed by atoms with Gasteiger partial charge < -0.3 is 15.0 Å². The topological polar surface area (TPSA) is 70.2 Å². The van der Waals surface area contributed by atoms with Gasteiger partial charge in [0.15, 0.2) is 0 Å². The van der Waals surface area contributed by atoms with E-state index in [-0.39, 0.29) is 5.91 Å². The molecule has 0 unspecified atom stereocenters. The second-order valence-corrected chi connectivity index (χ2v) is 7.13. The summed E-state index contributed by atoms with van der Waals surface area (Å²) in [6, 6.07) is 9.54. The molecule has 2 N–H and O–H groups in total. The van der Waals surface area contributed by atoms with Crippen molar-refractivity contribution in [3.05, 3.63) is 30.3 Å². The molecule has 0 spiro atoms. The number of hydrogen-bond donors (Lipinski definition) is 2. The third-order valence-corrected chi connectivity index (χ3v) is 5.06. The molecule has 1 aromatic carbocycles. The maximum Gasteiger partial charge on any atom is 0.225 e. The van der Waals surface area contributed by atoms with Crippen LogP contribution >= 0.6 is 0 Å². The van der Waals surface area contributed by atoms with Crippen molar-refractivity contribution in [3.63, 3.8) is 0 Å². The highest BCUT2D eigenvalue weighted by atomic mass is 16.5. The number of methoxy groups -OCH3 is 1. The van der Waals surface area contributed by atoms with Crippen LogP contribution in [0.2, 0.25) is 0 Å². The molecule has 0 radical (unpaired) electrons. The summed E-state index contributed by atoms with van der Waals surface area (Å²) in [5.74, 6) is 1.41. The van der Waals surface area contributed by atoms with E-state index in [1.165, 1.54) is 38.8 Å². The molecule has 1 saturated heterocycles. The second kappa shape index (κ2) is 10.1. The fraction of sp³-hybridized carbons (Fsp3) is 0.524. The fourth-order valence-corrected chi connectivity index (χ4v) is 3.57. The fourth-order valence-electron chi connectivity index (χ4n) is 3.57. The Balaban J connectivity index is 1.42. The Bertz CT molecular complexity index is 720. The number of nitrogens with zero attached hydrogens (tertiary/aromatic N) is 2. The summed E-state index contributed by atoms with van der Waals surface area (Å²) in [5, 5.41) is 10.1. The number of unbranched alkanes of at least 4 members (excludes halogenated alkanes) is 1. The lowest BCUT2D eigenvalue weighted by Gasteiger charge is -2.19. The first-order valence-corrected chi connectivity index (χ1v) is 9.97. The predicted molar refractivity (Wildman–Crippen MR) is 108 cm³/mol. The molecule has 0 aliphatic carbocycles. The molecule has 1 aliphatic rings. The minimum atomic E-state index is 0.0288. The first-order chi connectivity index (χ1) is 13.3. The van der Waals surface area contributed by atoms with E-state index >= 15 is 0 Å². The van der Waals surface area contributed by atoms with Crippen LogP contribution in [0.4, 0.5) is 5.82 Å². The first kappa shape index (κ1) is 19.4. The van der Waals surface area contributed by atoms with Crippen LogP contribution in [0.1, 0.15) is 44.9 Å². The number of anilines is 1. The van der Waals surface area contributed by atoms with Crippen LogP contribution in [0.5, 0.6) is 5.75 Å². The summed E-state index contributed by atoms with van der Waals surface area (Å²) < 4.78 is 5.37. The van der Waals surface area contributed by atoms with Gasteiger partial charge in [0.25, 0.3) is 0 Å². The number of para-hydroxylation sites is 1. The zero-order valence-corrected chi connectivity index (χ0v) is 16.2. The number of aromatic amines is 1. The quantitative estimate of drug-likeness (QED) is 0.687. The van der Waals surface area contributed by atoms with E-state index in [0.29, 0.717) is 12.2 Å². The van der Waals surface area contributed by atoms with Gasteiger partial charge >= 0.3 is 0 Å². The highest BCUT2D eigenvalue weighted by Gasteiger charge is 2.12. The Kier molecular flexibility index (Phi) is 7.27. The van der Waals surface area contributed by atoms with Crippen molar-refractivity contribution >= 4 is 11.7 Å². The average molecular weight is 370 g/mol. The van der Waals surface area contributed by atoms with Crippen LogP contribution in [0, 0.1) is 0 Å². The second-order valence-electron chi connectivity index (χ2n) is 7.13. The number of amides is 1. The van der Waals surface area contributed by atoms with Crippen molar-refractivity contribution in [2.75, 3.05) is 32.1 Å². The van der Waals surface area contributed by atoms with E-state index in [4.69, 9.17) is 4.74 Å². The summed E-state index contributed by atoms with van der Waals surface area (Å²) in [6.45, 7) is 3.54. The third kappa shape index (κ3) is 5.82. The summed E-state index contributed by atoms with van der Waals surface area (Å²) in [7, 11) is 1.64. The molecule has 2 heterocycles. The standard InChI is InChI=1S/C21H30N4O2/c1-27-19-11-5-4-10-17(19)18-16-20(24-23-18)22-21(26)12-6-9-15-25-13-7-2-3-8-14-25/h4-5,10-11,16H,2-3,6-9,12-15H2,1H3,(H2,22,23,24,26). The summed E-state index contributed by atoms with van der Waals surface area (Å²) in [6.07, 6.45) is 7.87. The number of carbonyl (C=O) groups excluding carboxylic acids is 1. The number of hydrogen-bond acceptors (Lipinski definition) is 4. The molecular formula is C21H30N4O2. The van der Waals surface area contributed by atoms with E-state index in [1.807, 2.05) is 30.3 Å². The monoisotopic (exact) mass is 370 g/mol. The number of likely N-dealkylation sites (tertiary alicyclic amines) is 1. The first-order valence-electron chi connectivity index (χ1n) is 9.97. The van der Waals surface area contributed by atoms with Gasteiger partial charge in [-0.05, 0) is 57.5 Å². The maximum absolute atomic E-state index is 12.2. The van der Waals surface area contributed by atoms with E-state index in [0.717, 1.165) is 36.4 Å². The van der Waals surface area contributed by atoms with Crippen LogP contribution in [-0.2, 0) is 4.79 Å². The van der Waals surface area contributed by atoms with Crippen molar-refractivity contribution in [2.45, 2.75) is 44.9 Å². The van der Waals surface area contributed by atoms with Gasteiger partial charge in [0, 0.05) is 18.1 Å². The lowest BCUT2D eigenvalue weighted by molar-refractivity contribution is -0.116. The van der Waals surface area contributed by atoms with Gasteiger partial charge in [-0.25, -0.2) is 0 Å². The number of rotatable bonds is 8. The van der Waals surface area contributed by atoms with Crippen LogP contribution in [0.15, 0.2) is 30.3 Å². The number of aromatic nitrogens is 2. The van der Waals surface area contributed by atoms with E-state index in [1.54, 1.807) is 7.11 Å². The molecule has 0 saturated carbocycles. The molecule has 6 nitrogen and oxygen atoms in total. The minimum absolute atomic E-state index is 0.0288. The van der Waals surface area contributed by atoms with Gasteiger partial charge in [0.1, 0.15) is 11.6 Å². The molecule has 1 aliphatic heterocycles. The van der Waals surface area contributed by atoms with E-state index in [9.17, 15) is 4.79 Å². The molecule has 1 fully saturated rings. The van der Waals surface area contributed by atoms with Gasteiger partial charge in [-0.15, -0.1) is 0 Å². The number of H-pyrrole nitrogens is 1. The Hall–Kier alpha value is -2.34. The summed E-state index contributed by atoms with van der Waals surface area (Å²) in [4.78, 5) is 14.7. The number of benzene rings is 1. The van der Waals surface area contributed by atoms with Gasteiger partial charge in [-0.3, -0.25) is 9.89 Å². The zero-order valence-electron chi connectivity index (χ0n) is 16.2. The van der Waals surface area contributed by atoms with Crippen LogP contribution in [0.3, 0.4) is 0 Å². The number of ether oxygens (including phenoxy) is 1. The predicted octanol–water partition coefficient (Wildman–Crippen LogP) is 4.07. The van der Waals surface area contributed by atoms with E-state index < -0.39 is 0 Å². The molecule has 2 aromatic rings. The largest absolute Gasteiger partial charge is 0.496 e. The SMILES string of the molecule is COc1ccccc1-c1cc(NC(=O)CCCCN2CCCCCC2)[nH]n1. The normalized spacial score (nSPS) is 15.3. The molecular weight excluding hydrogens is 340 g/mol. The average Bonchev–Trinajstić information content (AvgIpc) is 2.99. The van der Waals surface area contributed by atoms with Crippen molar-refractivity contribution in [2.24, 2.45) is 0 Å². The Labute approximate surface area is 161 Å². The molecule has 146 valence electrons. The highest BCUT2D eigenvalue weighted by molar-refractivity contribution is 5.90. The molecule has 0 atom stereocenters. The third-order valence-electron chi connectivity index (χ3n) is 5.06. The molecule has 3 rings (SSSR count). The molecule has 6 heteroatoms. The maximum atomic E-state index is 12.2. The van der Waals surface area contributed by atoms with Gasteiger partial charge in [-0.2, -0.15) is 5.10 Å². The molecule has 1 amide bonds. The Morgan fingerprint density at radius 2 is 1.96 bits per heavy atom. The number of carbonyl (C=O) groups is 1. The number of nitrogens with one attached hydrogen (secondary N) is 2. The van der Waals surface area contributed by atoms with Crippen LogP contribution in [0.25, 0.3) is 11.3 Å². The summed E-state index contributed by atoms with van der Waals surface area (Å²) >= 11 is 0. The van der Waals surface area contributed by atoms with Gasteiger partial charge in [0.05, 0.1) is 12.8 Å². The Morgan fingerprint density at radius 1 is 1.19 bits per heavy atom. The smallest absolute Gasteiger partial charge is 0.225 e. The van der Waals surface area contributed by atoms with Crippen molar-refractivity contribution in [1.29, 1.82) is 0 Å². The Morgan fingerprint density at radius 3 is 2.74 bits per heavy atom. The van der Waals surface area contributed by atoms with Crippen molar-refractivity contribution < 1.29 is 9.53 Å². The molecule has 27 heavy (non-hydrogen) atoms. The van der Waals surface area contributed by atoms with Crippen molar-refractivity contribution in [3.8, 4) is 17.0 Å². The van der Waals surface area contributed by atoms with E-state index in [2.05, 4.69) is 20.4 Å². The van der Waals surface area contributed by atoms with Crippen LogP contribution < -0.4 is 10.1 Å². The molecule has 0 bridgehead atoms. The van der Waals surface area contributed by atoms with Crippen LogP contribution in [-0.4, -0.2) is 47.7 Å². The van der Waals surface area contributed by atoms with Crippen molar-refractivity contribution in [1.82, 2.24) is 15.1 Å². The zero-order chi connectivity index (χ0) is 18.9. The highest BCUT2D eigenvalue weighted by Crippen LogP contribution is 2.29. The minimum Gasteiger partial charge on any atom is -0.496 e.